The van der Waals surface area contributed by atoms with Crippen molar-refractivity contribution in [2.24, 2.45) is 0 Å². The Balaban J connectivity index is 2.40. The smallest absolute Gasteiger partial charge is 0.421 e. The normalized spacial score (nSPS) is 11.9. The zero-order chi connectivity index (χ0) is 18.8. The van der Waals surface area contributed by atoms with Crippen molar-refractivity contribution in [3.05, 3.63) is 30.0 Å². The summed E-state index contributed by atoms with van der Waals surface area (Å²) in [6.07, 6.45) is -2.89. The van der Waals surface area contributed by atoms with Gasteiger partial charge in [-0.05, 0) is 12.1 Å². The Morgan fingerprint density at radius 2 is 1.92 bits per heavy atom. The number of nitrogens with zero attached hydrogens (tertiary/aromatic N) is 2. The lowest BCUT2D eigenvalue weighted by molar-refractivity contribution is -0.137. The molecule has 0 aliphatic heterocycles. The molecule has 2 rings (SSSR count). The van der Waals surface area contributed by atoms with Crippen LogP contribution in [0.1, 0.15) is 5.56 Å². The van der Waals surface area contributed by atoms with E-state index < -0.39 is 27.4 Å². The average molecular weight is 376 g/mol. The average Bonchev–Trinajstić information content (AvgIpc) is 2.53. The summed E-state index contributed by atoms with van der Waals surface area (Å²) in [5.41, 5.74) is -0.698. The molecule has 2 aromatic rings. The maximum atomic E-state index is 12.9. The van der Waals surface area contributed by atoms with Gasteiger partial charge >= 0.3 is 6.18 Å². The molecule has 2 N–H and O–H groups in total. The van der Waals surface area contributed by atoms with E-state index in [-0.39, 0.29) is 16.6 Å². The number of sulfone groups is 1. The summed E-state index contributed by atoms with van der Waals surface area (Å²) in [7, 11) is -0.791. The highest BCUT2D eigenvalue weighted by Crippen LogP contribution is 2.34. The fraction of sp³-hybridized carbons (Fsp3) is 0.286. The standard InChI is InChI=1S/C14H15F3N4O3S/c1-18-12-9(14(15,16)17)7-19-13(21-12)20-10-5-4-8(25(3,22)23)6-11(10)24-2/h4-7H,1-3H3,(H2,18,19,20,21). The Hall–Kier alpha value is -2.56. The number of rotatable bonds is 5. The lowest BCUT2D eigenvalue weighted by Gasteiger charge is -2.14. The Kier molecular flexibility index (Phi) is 5.07. The topological polar surface area (TPSA) is 93.2 Å². The summed E-state index contributed by atoms with van der Waals surface area (Å²) < 4.78 is 66.8. The monoisotopic (exact) mass is 376 g/mol. The largest absolute Gasteiger partial charge is 0.495 e. The van der Waals surface area contributed by atoms with Gasteiger partial charge in [0.15, 0.2) is 9.84 Å². The molecule has 0 unspecified atom stereocenters. The van der Waals surface area contributed by atoms with Gasteiger partial charge in [-0.15, -0.1) is 0 Å². The molecule has 0 amide bonds. The number of methoxy groups -OCH3 is 1. The van der Waals surface area contributed by atoms with Crippen LogP contribution in [0.15, 0.2) is 29.3 Å². The van der Waals surface area contributed by atoms with Crippen molar-refractivity contribution in [1.82, 2.24) is 9.97 Å². The number of nitrogens with one attached hydrogen (secondary N) is 2. The maximum absolute atomic E-state index is 12.9. The van der Waals surface area contributed by atoms with E-state index in [0.29, 0.717) is 11.9 Å². The van der Waals surface area contributed by atoms with Crippen LogP contribution in [-0.4, -0.2) is 38.8 Å². The molecule has 1 heterocycles. The molecule has 0 radical (unpaired) electrons. The summed E-state index contributed by atoms with van der Waals surface area (Å²) in [6, 6.07) is 4.04. The highest BCUT2D eigenvalue weighted by atomic mass is 32.2. The van der Waals surface area contributed by atoms with Crippen LogP contribution in [0, 0.1) is 0 Å². The van der Waals surface area contributed by atoms with Crippen molar-refractivity contribution in [1.29, 1.82) is 0 Å². The number of benzene rings is 1. The van der Waals surface area contributed by atoms with Crippen molar-refractivity contribution in [3.8, 4) is 5.75 Å². The second-order valence-electron chi connectivity index (χ2n) is 4.96. The zero-order valence-electron chi connectivity index (χ0n) is 13.5. The van der Waals surface area contributed by atoms with E-state index >= 15 is 0 Å². The fourth-order valence-electron chi connectivity index (χ4n) is 1.97. The number of aromatic nitrogens is 2. The molecule has 0 aliphatic carbocycles. The van der Waals surface area contributed by atoms with Crippen LogP contribution >= 0.6 is 0 Å². The second kappa shape index (κ2) is 6.75. The molecule has 7 nitrogen and oxygen atoms in total. The van der Waals surface area contributed by atoms with Gasteiger partial charge in [0.2, 0.25) is 5.95 Å². The first-order valence-electron chi connectivity index (χ1n) is 6.83. The molecular formula is C14H15F3N4O3S. The third-order valence-electron chi connectivity index (χ3n) is 3.18. The van der Waals surface area contributed by atoms with Crippen molar-refractivity contribution in [2.75, 3.05) is 31.0 Å². The predicted molar refractivity (Wildman–Crippen MR) is 86.0 cm³/mol. The number of halogens is 3. The molecule has 0 fully saturated rings. The first-order valence-corrected chi connectivity index (χ1v) is 8.72. The highest BCUT2D eigenvalue weighted by molar-refractivity contribution is 7.90. The van der Waals surface area contributed by atoms with Gasteiger partial charge in [-0.1, -0.05) is 0 Å². The van der Waals surface area contributed by atoms with E-state index in [1.807, 2.05) is 0 Å². The summed E-state index contributed by atoms with van der Waals surface area (Å²) in [5.74, 6) is -0.322. The van der Waals surface area contributed by atoms with Crippen molar-refractivity contribution in [3.63, 3.8) is 0 Å². The molecule has 0 bridgehead atoms. The molecule has 0 atom stereocenters. The van der Waals surface area contributed by atoms with Crippen LogP contribution < -0.4 is 15.4 Å². The zero-order valence-corrected chi connectivity index (χ0v) is 14.3. The van der Waals surface area contributed by atoms with Crippen molar-refractivity contribution < 1.29 is 26.3 Å². The van der Waals surface area contributed by atoms with Crippen molar-refractivity contribution in [2.45, 2.75) is 11.1 Å². The van der Waals surface area contributed by atoms with Gasteiger partial charge in [0.1, 0.15) is 17.1 Å². The van der Waals surface area contributed by atoms with Gasteiger partial charge in [-0.2, -0.15) is 18.2 Å². The van der Waals surface area contributed by atoms with E-state index in [0.717, 1.165) is 6.26 Å². The quantitative estimate of drug-likeness (QED) is 0.829. The summed E-state index contributed by atoms with van der Waals surface area (Å²) in [4.78, 5) is 7.45. The van der Waals surface area contributed by atoms with Gasteiger partial charge < -0.3 is 15.4 Å². The van der Waals surface area contributed by atoms with E-state index in [9.17, 15) is 21.6 Å². The molecule has 0 saturated heterocycles. The van der Waals surface area contributed by atoms with Gasteiger partial charge in [0, 0.05) is 25.6 Å². The number of anilines is 3. The molecule has 11 heteroatoms. The number of hydrogen-bond acceptors (Lipinski definition) is 7. The predicted octanol–water partition coefficient (Wildman–Crippen LogP) is 2.69. The van der Waals surface area contributed by atoms with Crippen LogP contribution in [-0.2, 0) is 16.0 Å². The molecule has 136 valence electrons. The third-order valence-corrected chi connectivity index (χ3v) is 4.29. The third kappa shape index (κ3) is 4.29. The molecule has 0 spiro atoms. The van der Waals surface area contributed by atoms with Crippen molar-refractivity contribution >= 4 is 27.3 Å². The first kappa shape index (κ1) is 18.8. The van der Waals surface area contributed by atoms with Crippen LogP contribution in [0.2, 0.25) is 0 Å². The minimum atomic E-state index is -4.59. The molecule has 1 aromatic heterocycles. The van der Waals surface area contributed by atoms with Gasteiger partial charge in [-0.3, -0.25) is 0 Å². The fourth-order valence-corrected chi connectivity index (χ4v) is 2.60. The minimum absolute atomic E-state index is 0.0409. The Labute approximate surface area is 142 Å². The number of ether oxygens (including phenoxy) is 1. The van der Waals surface area contributed by atoms with E-state index in [2.05, 4.69) is 20.6 Å². The lowest BCUT2D eigenvalue weighted by Crippen LogP contribution is -2.12. The summed E-state index contributed by atoms with van der Waals surface area (Å²) in [6.45, 7) is 0. The number of alkyl halides is 3. The summed E-state index contributed by atoms with van der Waals surface area (Å²) in [5, 5.41) is 5.07. The van der Waals surface area contributed by atoms with Crippen LogP contribution in [0.3, 0.4) is 0 Å². The van der Waals surface area contributed by atoms with E-state index in [1.165, 1.54) is 32.4 Å². The van der Waals surface area contributed by atoms with Crippen LogP contribution in [0.25, 0.3) is 0 Å². The SMILES string of the molecule is CNc1nc(Nc2ccc(S(C)(=O)=O)cc2OC)ncc1C(F)(F)F. The van der Waals surface area contributed by atoms with E-state index in [1.54, 1.807) is 0 Å². The molecule has 1 aromatic carbocycles. The van der Waals surface area contributed by atoms with Gasteiger partial charge in [0.05, 0.1) is 17.7 Å². The highest BCUT2D eigenvalue weighted by Gasteiger charge is 2.35. The number of hydrogen-bond donors (Lipinski definition) is 2. The Morgan fingerprint density at radius 3 is 2.44 bits per heavy atom. The molecule has 0 aliphatic rings. The molecule has 0 saturated carbocycles. The van der Waals surface area contributed by atoms with Crippen LogP contribution in [0.4, 0.5) is 30.6 Å². The van der Waals surface area contributed by atoms with E-state index in [4.69, 9.17) is 4.74 Å². The molecular weight excluding hydrogens is 361 g/mol. The lowest BCUT2D eigenvalue weighted by atomic mass is 10.3. The first-order chi connectivity index (χ1) is 11.6. The Bertz CT molecular complexity index is 885. The molecule has 25 heavy (non-hydrogen) atoms. The second-order valence-corrected chi connectivity index (χ2v) is 6.98. The maximum Gasteiger partial charge on any atom is 0.421 e. The minimum Gasteiger partial charge on any atom is -0.495 e. The summed E-state index contributed by atoms with van der Waals surface area (Å²) >= 11 is 0. The Morgan fingerprint density at radius 1 is 1.24 bits per heavy atom. The van der Waals surface area contributed by atoms with Gasteiger partial charge in [-0.25, -0.2) is 13.4 Å². The van der Waals surface area contributed by atoms with Gasteiger partial charge in [0.25, 0.3) is 0 Å². The van der Waals surface area contributed by atoms with Crippen LogP contribution in [0.5, 0.6) is 5.75 Å².